The molecular formula is C21H26N6O2. The van der Waals surface area contributed by atoms with Crippen LogP contribution in [0, 0.1) is 6.92 Å². The molecule has 1 saturated heterocycles. The van der Waals surface area contributed by atoms with Crippen LogP contribution < -0.4 is 0 Å². The second kappa shape index (κ2) is 7.42. The molecule has 2 aromatic heterocycles. The van der Waals surface area contributed by atoms with Gasteiger partial charge < -0.3 is 9.42 Å². The molecule has 1 atom stereocenters. The average Bonchev–Trinajstić information content (AvgIpc) is 3.36. The van der Waals surface area contributed by atoms with E-state index >= 15 is 0 Å². The van der Waals surface area contributed by atoms with Gasteiger partial charge in [0.05, 0.1) is 12.2 Å². The molecule has 1 aliphatic rings. The average molecular weight is 394 g/mol. The Bertz CT molecular complexity index is 999. The summed E-state index contributed by atoms with van der Waals surface area (Å²) in [5.74, 6) is 0.974. The highest BCUT2D eigenvalue weighted by Crippen LogP contribution is 2.25. The molecule has 1 aromatic carbocycles. The van der Waals surface area contributed by atoms with Gasteiger partial charge in [-0.2, -0.15) is 4.98 Å². The number of aromatic nitrogens is 5. The smallest absolute Gasteiger partial charge is 0.253 e. The first-order valence-corrected chi connectivity index (χ1v) is 9.93. The van der Waals surface area contributed by atoms with Gasteiger partial charge in [0.2, 0.25) is 11.7 Å². The van der Waals surface area contributed by atoms with Crippen LogP contribution >= 0.6 is 0 Å². The zero-order valence-corrected chi connectivity index (χ0v) is 17.3. The molecule has 3 aromatic rings. The first kappa shape index (κ1) is 19.3. The van der Waals surface area contributed by atoms with Crippen LogP contribution in [0.2, 0.25) is 0 Å². The minimum atomic E-state index is 0.0595. The van der Waals surface area contributed by atoms with Gasteiger partial charge in [-0.25, -0.2) is 4.68 Å². The second-order valence-corrected chi connectivity index (χ2v) is 8.60. The Morgan fingerprint density at radius 1 is 1.21 bits per heavy atom. The predicted molar refractivity (Wildman–Crippen MR) is 107 cm³/mol. The summed E-state index contributed by atoms with van der Waals surface area (Å²) >= 11 is 0. The van der Waals surface area contributed by atoms with Crippen molar-refractivity contribution in [2.45, 2.75) is 52.0 Å². The molecular weight excluding hydrogens is 368 g/mol. The molecule has 152 valence electrons. The second-order valence-electron chi connectivity index (χ2n) is 8.60. The van der Waals surface area contributed by atoms with E-state index < -0.39 is 0 Å². The zero-order valence-electron chi connectivity index (χ0n) is 17.3. The van der Waals surface area contributed by atoms with Crippen molar-refractivity contribution in [1.82, 2.24) is 30.0 Å². The quantitative estimate of drug-likeness (QED) is 0.676. The maximum absolute atomic E-state index is 13.0. The fourth-order valence-corrected chi connectivity index (χ4v) is 3.61. The summed E-state index contributed by atoms with van der Waals surface area (Å²) in [6.45, 7) is 9.60. The number of carbonyl (C=O) groups is 1. The van der Waals surface area contributed by atoms with E-state index in [-0.39, 0.29) is 17.4 Å². The number of aryl methyl sites for hydroxylation is 1. The van der Waals surface area contributed by atoms with E-state index in [9.17, 15) is 4.79 Å². The summed E-state index contributed by atoms with van der Waals surface area (Å²) in [4.78, 5) is 19.1. The molecule has 0 radical (unpaired) electrons. The van der Waals surface area contributed by atoms with Gasteiger partial charge in [-0.05, 0) is 36.0 Å². The highest BCUT2D eigenvalue weighted by Gasteiger charge is 2.27. The molecule has 0 bridgehead atoms. The largest absolute Gasteiger partial charge is 0.339 e. The monoisotopic (exact) mass is 394 g/mol. The van der Waals surface area contributed by atoms with Crippen molar-refractivity contribution in [2.24, 2.45) is 0 Å². The molecule has 1 aliphatic heterocycles. The van der Waals surface area contributed by atoms with E-state index in [4.69, 9.17) is 4.52 Å². The Hall–Kier alpha value is -3.03. The number of benzene rings is 1. The summed E-state index contributed by atoms with van der Waals surface area (Å²) in [5.41, 5.74) is 2.58. The van der Waals surface area contributed by atoms with Crippen LogP contribution in [0.1, 0.15) is 61.5 Å². The van der Waals surface area contributed by atoms with Crippen molar-refractivity contribution in [1.29, 1.82) is 0 Å². The number of hydrogen-bond acceptors (Lipinski definition) is 6. The molecule has 4 rings (SSSR count). The van der Waals surface area contributed by atoms with Gasteiger partial charge in [0, 0.05) is 25.6 Å². The van der Waals surface area contributed by atoms with Crippen molar-refractivity contribution in [2.75, 3.05) is 13.1 Å². The summed E-state index contributed by atoms with van der Waals surface area (Å²) < 4.78 is 6.82. The fourth-order valence-electron chi connectivity index (χ4n) is 3.61. The molecule has 8 nitrogen and oxygen atoms in total. The number of rotatable bonds is 3. The van der Waals surface area contributed by atoms with E-state index in [1.807, 2.05) is 40.0 Å². The number of hydrogen-bond donors (Lipinski definition) is 0. The van der Waals surface area contributed by atoms with E-state index in [1.54, 1.807) is 6.92 Å². The van der Waals surface area contributed by atoms with Crippen LogP contribution in [0.25, 0.3) is 11.5 Å². The number of amides is 1. The number of carbonyl (C=O) groups excluding carboxylic acids is 1. The third-order valence-corrected chi connectivity index (χ3v) is 5.32. The SMILES string of the molecule is Cc1nc(-c2cn([C@H]3CCCN(C(=O)c4ccc(C(C)(C)C)cc4)C3)nn2)no1. The zero-order chi connectivity index (χ0) is 20.6. The van der Waals surface area contributed by atoms with Crippen LogP contribution in [0.3, 0.4) is 0 Å². The molecule has 29 heavy (non-hydrogen) atoms. The lowest BCUT2D eigenvalue weighted by Crippen LogP contribution is -2.40. The van der Waals surface area contributed by atoms with E-state index in [0.29, 0.717) is 24.0 Å². The summed E-state index contributed by atoms with van der Waals surface area (Å²) in [7, 11) is 0. The number of likely N-dealkylation sites (tertiary alicyclic amines) is 1. The van der Waals surface area contributed by atoms with Crippen molar-refractivity contribution < 1.29 is 9.32 Å². The minimum absolute atomic E-state index is 0.0595. The van der Waals surface area contributed by atoms with Gasteiger partial charge in [-0.3, -0.25) is 4.79 Å². The Kier molecular flexibility index (Phi) is 4.94. The normalized spacial score (nSPS) is 17.5. The molecule has 1 fully saturated rings. The predicted octanol–water partition coefficient (Wildman–Crippen LogP) is 3.41. The van der Waals surface area contributed by atoms with Gasteiger partial charge in [0.15, 0.2) is 5.69 Å². The van der Waals surface area contributed by atoms with Gasteiger partial charge in [0.1, 0.15) is 0 Å². The molecule has 0 N–H and O–H groups in total. The lowest BCUT2D eigenvalue weighted by Gasteiger charge is -2.32. The van der Waals surface area contributed by atoms with Gasteiger partial charge in [0.25, 0.3) is 5.91 Å². The highest BCUT2D eigenvalue weighted by molar-refractivity contribution is 5.94. The maximum Gasteiger partial charge on any atom is 0.253 e. The maximum atomic E-state index is 13.0. The fraction of sp³-hybridized carbons (Fsp3) is 0.476. The molecule has 0 unspecified atom stereocenters. The van der Waals surface area contributed by atoms with Crippen LogP contribution in [0.4, 0.5) is 0 Å². The Morgan fingerprint density at radius 3 is 2.62 bits per heavy atom. The summed E-state index contributed by atoms with van der Waals surface area (Å²) in [5, 5.41) is 12.3. The molecule has 1 amide bonds. The first-order valence-electron chi connectivity index (χ1n) is 9.93. The van der Waals surface area contributed by atoms with Crippen molar-refractivity contribution in [3.8, 4) is 11.5 Å². The highest BCUT2D eigenvalue weighted by atomic mass is 16.5. The Morgan fingerprint density at radius 2 is 1.97 bits per heavy atom. The topological polar surface area (TPSA) is 89.9 Å². The molecule has 0 aliphatic carbocycles. The summed E-state index contributed by atoms with van der Waals surface area (Å²) in [6.07, 6.45) is 3.69. The standard InChI is InChI=1S/C21H26N6O2/c1-14-22-19(24-29-14)18-13-27(25-23-18)17-6-5-11-26(12-17)20(28)15-7-9-16(10-8-15)21(2,3)4/h7-10,13,17H,5-6,11-12H2,1-4H3/t17-/m0/s1. The Labute approximate surface area is 169 Å². The van der Waals surface area contributed by atoms with Crippen LogP contribution in [-0.2, 0) is 5.41 Å². The van der Waals surface area contributed by atoms with Crippen molar-refractivity contribution in [3.63, 3.8) is 0 Å². The van der Waals surface area contributed by atoms with E-state index in [0.717, 1.165) is 24.9 Å². The van der Waals surface area contributed by atoms with Crippen LogP contribution in [0.15, 0.2) is 35.0 Å². The molecule has 8 heteroatoms. The minimum Gasteiger partial charge on any atom is -0.339 e. The van der Waals surface area contributed by atoms with Gasteiger partial charge >= 0.3 is 0 Å². The van der Waals surface area contributed by atoms with Crippen LogP contribution in [-0.4, -0.2) is 49.0 Å². The third-order valence-electron chi connectivity index (χ3n) is 5.32. The first-order chi connectivity index (χ1) is 13.8. The molecule has 3 heterocycles. The van der Waals surface area contributed by atoms with Gasteiger partial charge in [-0.15, -0.1) is 5.10 Å². The van der Waals surface area contributed by atoms with Crippen molar-refractivity contribution >= 4 is 5.91 Å². The number of piperidine rings is 1. The summed E-state index contributed by atoms with van der Waals surface area (Å²) in [6, 6.07) is 8.03. The Balaban J connectivity index is 1.47. The molecule has 0 saturated carbocycles. The van der Waals surface area contributed by atoms with E-state index in [2.05, 4.69) is 41.2 Å². The van der Waals surface area contributed by atoms with Gasteiger partial charge in [-0.1, -0.05) is 43.3 Å². The third kappa shape index (κ3) is 4.06. The lowest BCUT2D eigenvalue weighted by atomic mass is 9.86. The van der Waals surface area contributed by atoms with Crippen molar-refractivity contribution in [3.05, 3.63) is 47.5 Å². The lowest BCUT2D eigenvalue weighted by molar-refractivity contribution is 0.0672. The number of nitrogens with zero attached hydrogens (tertiary/aromatic N) is 6. The van der Waals surface area contributed by atoms with Crippen LogP contribution in [0.5, 0.6) is 0 Å². The van der Waals surface area contributed by atoms with E-state index in [1.165, 1.54) is 5.56 Å². The molecule has 0 spiro atoms.